The minimum atomic E-state index is -0.506. The Morgan fingerprint density at radius 2 is 2.24 bits per heavy atom. The molecule has 0 aromatic heterocycles. The summed E-state index contributed by atoms with van der Waals surface area (Å²) in [5.41, 5.74) is 6.38. The first-order valence-corrected chi connectivity index (χ1v) is 5.35. The van der Waals surface area contributed by atoms with Gasteiger partial charge >= 0.3 is 0 Å². The van der Waals surface area contributed by atoms with Crippen LogP contribution in [0.4, 0.5) is 17.1 Å². The molecule has 0 atom stereocenters. The van der Waals surface area contributed by atoms with Gasteiger partial charge in [0.25, 0.3) is 5.69 Å². The van der Waals surface area contributed by atoms with E-state index in [9.17, 15) is 10.1 Å². The molecule has 7 nitrogen and oxygen atoms in total. The van der Waals surface area contributed by atoms with Crippen molar-refractivity contribution >= 4 is 17.1 Å². The Labute approximate surface area is 98.8 Å². The highest BCUT2D eigenvalue weighted by Gasteiger charge is 2.10. The van der Waals surface area contributed by atoms with Crippen molar-refractivity contribution in [1.29, 1.82) is 0 Å². The van der Waals surface area contributed by atoms with Gasteiger partial charge in [0, 0.05) is 11.8 Å². The van der Waals surface area contributed by atoms with Crippen LogP contribution in [-0.2, 0) is 0 Å². The molecule has 0 bridgehead atoms. The maximum Gasteiger partial charge on any atom is 0.292 e. The van der Waals surface area contributed by atoms with Gasteiger partial charge in [-0.15, -0.1) is 0 Å². The first-order chi connectivity index (χ1) is 8.15. The summed E-state index contributed by atoms with van der Waals surface area (Å²) in [6.45, 7) is 2.35. The normalized spacial score (nSPS) is 10.2. The number of nitrogens with zero attached hydrogens (tertiary/aromatic N) is 1. The molecular formula is C10H17N4O3+. The number of nitrogen functional groups attached to an aromatic ring is 1. The first kappa shape index (κ1) is 13.2. The maximum absolute atomic E-state index is 10.5. The monoisotopic (exact) mass is 241 g/mol. The van der Waals surface area contributed by atoms with E-state index in [0.29, 0.717) is 13.1 Å². The van der Waals surface area contributed by atoms with Crippen LogP contribution in [0.2, 0.25) is 0 Å². The number of benzene rings is 1. The van der Waals surface area contributed by atoms with E-state index in [0.717, 1.165) is 12.2 Å². The highest BCUT2D eigenvalue weighted by atomic mass is 16.6. The van der Waals surface area contributed by atoms with Crippen LogP contribution in [0.5, 0.6) is 0 Å². The number of nitro benzene ring substituents is 1. The largest absolute Gasteiger partial charge is 0.393 e. The molecule has 0 aliphatic carbocycles. The van der Waals surface area contributed by atoms with Crippen molar-refractivity contribution in [1.82, 2.24) is 0 Å². The van der Waals surface area contributed by atoms with Crippen LogP contribution in [0.25, 0.3) is 0 Å². The number of nitrogens with one attached hydrogen (secondary N) is 1. The van der Waals surface area contributed by atoms with E-state index in [4.69, 9.17) is 10.8 Å². The van der Waals surface area contributed by atoms with E-state index in [-0.39, 0.29) is 18.0 Å². The third kappa shape index (κ3) is 4.25. The van der Waals surface area contributed by atoms with Crippen LogP contribution < -0.4 is 16.4 Å². The van der Waals surface area contributed by atoms with Crippen molar-refractivity contribution < 1.29 is 15.3 Å². The molecule has 1 rings (SSSR count). The summed E-state index contributed by atoms with van der Waals surface area (Å²) in [5, 5.41) is 24.2. The minimum Gasteiger partial charge on any atom is -0.393 e. The summed E-state index contributed by atoms with van der Waals surface area (Å²) in [6.07, 6.45) is 0. The average molecular weight is 241 g/mol. The highest BCUT2D eigenvalue weighted by Crippen LogP contribution is 2.24. The van der Waals surface area contributed by atoms with Gasteiger partial charge in [0.1, 0.15) is 5.69 Å². The van der Waals surface area contributed by atoms with E-state index in [1.165, 1.54) is 6.07 Å². The molecule has 0 saturated heterocycles. The van der Waals surface area contributed by atoms with E-state index >= 15 is 0 Å². The Morgan fingerprint density at radius 1 is 1.47 bits per heavy atom. The molecule has 94 valence electrons. The Hall–Kier alpha value is -1.86. The Bertz CT molecular complexity index is 384. The molecule has 0 aliphatic heterocycles. The molecular weight excluding hydrogens is 224 g/mol. The molecule has 0 heterocycles. The molecule has 0 amide bonds. The van der Waals surface area contributed by atoms with Gasteiger partial charge in [-0.25, -0.2) is 0 Å². The third-order valence-electron chi connectivity index (χ3n) is 2.24. The summed E-state index contributed by atoms with van der Waals surface area (Å²) in [5.74, 6) is 0. The second-order valence-corrected chi connectivity index (χ2v) is 3.55. The number of aliphatic hydroxyl groups excluding tert-OH is 1. The number of rotatable bonds is 7. The fourth-order valence-corrected chi connectivity index (χ4v) is 1.38. The lowest BCUT2D eigenvalue weighted by molar-refractivity contribution is -0.653. The van der Waals surface area contributed by atoms with E-state index in [2.05, 4.69) is 5.32 Å². The molecule has 0 saturated carbocycles. The lowest BCUT2D eigenvalue weighted by Gasteiger charge is -2.06. The lowest BCUT2D eigenvalue weighted by Crippen LogP contribution is -2.86. The van der Waals surface area contributed by atoms with Gasteiger partial charge in [0.2, 0.25) is 0 Å². The zero-order valence-corrected chi connectivity index (χ0v) is 9.43. The number of hydrogen-bond donors (Lipinski definition) is 4. The van der Waals surface area contributed by atoms with Crippen LogP contribution in [0.15, 0.2) is 18.2 Å². The quantitative estimate of drug-likeness (QED) is 0.214. The number of aliphatic hydroxyl groups is 1. The summed E-state index contributed by atoms with van der Waals surface area (Å²) < 4.78 is 0. The maximum atomic E-state index is 10.5. The summed E-state index contributed by atoms with van der Waals surface area (Å²) in [6, 6.07) is 4.56. The van der Waals surface area contributed by atoms with Crippen molar-refractivity contribution in [2.45, 2.75) is 0 Å². The topological polar surface area (TPSA) is 118 Å². The summed E-state index contributed by atoms with van der Waals surface area (Å²) in [4.78, 5) is 10.0. The third-order valence-corrected chi connectivity index (χ3v) is 2.24. The Balaban J connectivity index is 2.45. The number of hydrogen-bond acceptors (Lipinski definition) is 5. The highest BCUT2D eigenvalue weighted by molar-refractivity contribution is 5.65. The van der Waals surface area contributed by atoms with Crippen molar-refractivity contribution in [3.63, 3.8) is 0 Å². The Kier molecular flexibility index (Phi) is 5.18. The van der Waals surface area contributed by atoms with Crippen molar-refractivity contribution in [3.8, 4) is 0 Å². The van der Waals surface area contributed by atoms with Crippen LogP contribution in [0.1, 0.15) is 0 Å². The molecule has 0 unspecified atom stereocenters. The van der Waals surface area contributed by atoms with Gasteiger partial charge in [0.15, 0.2) is 0 Å². The number of nitro groups is 1. The lowest BCUT2D eigenvalue weighted by atomic mass is 10.2. The van der Waals surface area contributed by atoms with E-state index in [1.807, 2.05) is 5.32 Å². The SMILES string of the molecule is Nc1cc(NCC[NH2+]CCO)ccc1[N+](=O)[O-]. The Morgan fingerprint density at radius 3 is 2.82 bits per heavy atom. The van der Waals surface area contributed by atoms with E-state index in [1.54, 1.807) is 12.1 Å². The summed E-state index contributed by atoms with van der Waals surface area (Å²) in [7, 11) is 0. The second-order valence-electron chi connectivity index (χ2n) is 3.55. The van der Waals surface area contributed by atoms with E-state index < -0.39 is 4.92 Å². The molecule has 17 heavy (non-hydrogen) atoms. The molecule has 0 radical (unpaired) electrons. The zero-order valence-electron chi connectivity index (χ0n) is 9.43. The predicted molar refractivity (Wildman–Crippen MR) is 64.7 cm³/mol. The van der Waals surface area contributed by atoms with Gasteiger partial charge in [0.05, 0.1) is 31.2 Å². The van der Waals surface area contributed by atoms with Gasteiger partial charge in [-0.05, 0) is 12.1 Å². The van der Waals surface area contributed by atoms with Crippen LogP contribution in [0, 0.1) is 10.1 Å². The molecule has 0 fully saturated rings. The van der Waals surface area contributed by atoms with Crippen molar-refractivity contribution in [2.75, 3.05) is 37.3 Å². The molecule has 0 spiro atoms. The molecule has 7 heteroatoms. The van der Waals surface area contributed by atoms with Crippen molar-refractivity contribution in [2.24, 2.45) is 0 Å². The number of quaternary nitrogens is 1. The summed E-state index contributed by atoms with van der Waals surface area (Å²) >= 11 is 0. The van der Waals surface area contributed by atoms with Crippen LogP contribution in [0.3, 0.4) is 0 Å². The van der Waals surface area contributed by atoms with Crippen LogP contribution >= 0.6 is 0 Å². The van der Waals surface area contributed by atoms with Crippen LogP contribution in [-0.4, -0.2) is 36.3 Å². The molecule has 0 aliphatic rings. The predicted octanol–water partition coefficient (Wildman–Crippen LogP) is -0.855. The fraction of sp³-hybridized carbons (Fsp3) is 0.400. The van der Waals surface area contributed by atoms with Crippen molar-refractivity contribution in [3.05, 3.63) is 28.3 Å². The molecule has 1 aromatic carbocycles. The second kappa shape index (κ2) is 6.66. The molecule has 6 N–H and O–H groups in total. The minimum absolute atomic E-state index is 0.0811. The fourth-order valence-electron chi connectivity index (χ4n) is 1.38. The average Bonchev–Trinajstić information content (AvgIpc) is 2.28. The smallest absolute Gasteiger partial charge is 0.292 e. The van der Waals surface area contributed by atoms with Gasteiger partial charge in [-0.3, -0.25) is 10.1 Å². The van der Waals surface area contributed by atoms with Gasteiger partial charge in [-0.2, -0.15) is 0 Å². The first-order valence-electron chi connectivity index (χ1n) is 5.35. The zero-order chi connectivity index (χ0) is 12.7. The number of nitrogens with two attached hydrogens (primary N) is 2. The van der Waals surface area contributed by atoms with Gasteiger partial charge in [-0.1, -0.05) is 0 Å². The van der Waals surface area contributed by atoms with Gasteiger partial charge < -0.3 is 21.5 Å². The number of anilines is 2. The standard InChI is InChI=1S/C10H16N4O3/c11-9-7-8(1-2-10(9)14(16)17)13-4-3-12-5-6-15/h1-2,7,12-13,15H,3-6,11H2/p+1. The molecule has 1 aromatic rings.